The van der Waals surface area contributed by atoms with Gasteiger partial charge < -0.3 is 4.42 Å². The predicted molar refractivity (Wildman–Crippen MR) is 40.8 cm³/mol. The van der Waals surface area contributed by atoms with Gasteiger partial charge in [-0.1, -0.05) is 0 Å². The van der Waals surface area contributed by atoms with Gasteiger partial charge in [-0.15, -0.1) is 0 Å². The summed E-state index contributed by atoms with van der Waals surface area (Å²) in [6, 6.07) is 3.80. The fourth-order valence-corrected chi connectivity index (χ4v) is 1.14. The number of benzene rings is 1. The summed E-state index contributed by atoms with van der Waals surface area (Å²) >= 11 is 0. The molecule has 2 rings (SSSR count). The van der Waals surface area contributed by atoms with Crippen LogP contribution in [-0.4, -0.2) is 0 Å². The molecule has 0 fully saturated rings. The van der Waals surface area contributed by atoms with E-state index in [9.17, 15) is 8.78 Å². The molecule has 2 nitrogen and oxygen atoms in total. The Bertz CT molecular complexity index is 510. The number of nitriles is 1. The van der Waals surface area contributed by atoms with Crippen molar-refractivity contribution in [2.75, 3.05) is 0 Å². The number of furan rings is 1. The van der Waals surface area contributed by atoms with Crippen molar-refractivity contribution in [1.82, 2.24) is 0 Å². The van der Waals surface area contributed by atoms with Gasteiger partial charge in [0.05, 0.1) is 11.6 Å². The van der Waals surface area contributed by atoms with E-state index in [0.29, 0.717) is 0 Å². The molecule has 2 aromatic rings. The van der Waals surface area contributed by atoms with Gasteiger partial charge >= 0.3 is 0 Å². The van der Waals surface area contributed by atoms with Crippen LogP contribution in [-0.2, 0) is 0 Å². The maximum absolute atomic E-state index is 13.2. The lowest BCUT2D eigenvalue weighted by molar-refractivity contribution is 0.572. The molecule has 0 amide bonds. The van der Waals surface area contributed by atoms with Crippen LogP contribution >= 0.6 is 0 Å². The molecular weight excluding hydrogens is 176 g/mol. The molecule has 1 aromatic heterocycles. The summed E-state index contributed by atoms with van der Waals surface area (Å²) < 4.78 is 31.0. The second-order valence-electron chi connectivity index (χ2n) is 2.49. The van der Waals surface area contributed by atoms with E-state index in [0.717, 1.165) is 6.07 Å². The van der Waals surface area contributed by atoms with Gasteiger partial charge in [0.2, 0.25) is 0 Å². The molecule has 1 heterocycles. The molecule has 13 heavy (non-hydrogen) atoms. The van der Waals surface area contributed by atoms with Crippen LogP contribution in [0.1, 0.15) is 5.56 Å². The molecule has 0 aliphatic rings. The molecular formula is C9H3F2NO. The Morgan fingerprint density at radius 3 is 2.85 bits per heavy atom. The molecule has 0 saturated carbocycles. The van der Waals surface area contributed by atoms with Crippen LogP contribution in [0.2, 0.25) is 0 Å². The minimum absolute atomic E-state index is 0.106. The average Bonchev–Trinajstić information content (AvgIpc) is 2.53. The van der Waals surface area contributed by atoms with Gasteiger partial charge in [-0.25, -0.2) is 8.78 Å². The van der Waals surface area contributed by atoms with Crippen molar-refractivity contribution in [2.24, 2.45) is 0 Å². The number of nitrogens with zero attached hydrogens (tertiary/aromatic N) is 1. The highest BCUT2D eigenvalue weighted by Crippen LogP contribution is 2.23. The van der Waals surface area contributed by atoms with Crippen molar-refractivity contribution in [3.63, 3.8) is 0 Å². The van der Waals surface area contributed by atoms with Crippen molar-refractivity contribution in [1.29, 1.82) is 5.26 Å². The first-order valence-corrected chi connectivity index (χ1v) is 3.49. The molecule has 0 radical (unpaired) electrons. The Morgan fingerprint density at radius 1 is 1.38 bits per heavy atom. The third-order valence-electron chi connectivity index (χ3n) is 1.76. The van der Waals surface area contributed by atoms with E-state index in [1.165, 1.54) is 18.4 Å². The first kappa shape index (κ1) is 7.74. The SMILES string of the molecule is N#Cc1c(F)cc2occc2c1F. The standard InChI is InChI=1S/C9H3F2NO/c10-7-3-8-5(1-2-13-8)9(11)6(7)4-12/h1-3H. The van der Waals surface area contributed by atoms with Gasteiger partial charge in [0.15, 0.2) is 5.82 Å². The van der Waals surface area contributed by atoms with Crippen LogP contribution in [0.5, 0.6) is 0 Å². The van der Waals surface area contributed by atoms with E-state index in [4.69, 9.17) is 9.68 Å². The Kier molecular flexibility index (Phi) is 1.52. The fraction of sp³-hybridized carbons (Fsp3) is 0. The summed E-state index contributed by atoms with van der Waals surface area (Å²) in [6.07, 6.45) is 1.24. The molecule has 0 unspecified atom stereocenters. The Balaban J connectivity index is 2.95. The van der Waals surface area contributed by atoms with Crippen LogP contribution < -0.4 is 0 Å². The third-order valence-corrected chi connectivity index (χ3v) is 1.76. The lowest BCUT2D eigenvalue weighted by Gasteiger charge is -1.95. The lowest BCUT2D eigenvalue weighted by Crippen LogP contribution is -1.89. The third kappa shape index (κ3) is 0.975. The normalized spacial score (nSPS) is 10.2. The van der Waals surface area contributed by atoms with E-state index in [1.54, 1.807) is 0 Å². The van der Waals surface area contributed by atoms with Crippen LogP contribution in [0.25, 0.3) is 11.0 Å². The molecule has 64 valence electrons. The lowest BCUT2D eigenvalue weighted by atomic mass is 10.1. The Morgan fingerprint density at radius 2 is 2.15 bits per heavy atom. The highest BCUT2D eigenvalue weighted by atomic mass is 19.1. The van der Waals surface area contributed by atoms with Crippen molar-refractivity contribution in [3.8, 4) is 6.07 Å². The summed E-state index contributed by atoms with van der Waals surface area (Å²) in [4.78, 5) is 0. The van der Waals surface area contributed by atoms with E-state index in [-0.39, 0.29) is 11.0 Å². The molecule has 1 aromatic carbocycles. The number of fused-ring (bicyclic) bond motifs is 1. The maximum atomic E-state index is 13.2. The van der Waals surface area contributed by atoms with Crippen LogP contribution in [0.3, 0.4) is 0 Å². The zero-order valence-corrected chi connectivity index (χ0v) is 6.34. The summed E-state index contributed by atoms with van der Waals surface area (Å²) in [7, 11) is 0. The molecule has 0 N–H and O–H groups in total. The van der Waals surface area contributed by atoms with Crippen molar-refractivity contribution >= 4 is 11.0 Å². The number of hydrogen-bond donors (Lipinski definition) is 0. The van der Waals surface area contributed by atoms with E-state index in [2.05, 4.69) is 0 Å². The quantitative estimate of drug-likeness (QED) is 0.623. The van der Waals surface area contributed by atoms with Gasteiger partial charge in [-0.3, -0.25) is 0 Å². The zero-order valence-electron chi connectivity index (χ0n) is 6.34. The minimum atomic E-state index is -0.901. The first-order chi connectivity index (χ1) is 6.24. The molecule has 4 heteroatoms. The largest absolute Gasteiger partial charge is 0.464 e. The Labute approximate surface area is 72.0 Å². The molecule has 0 saturated heterocycles. The highest BCUT2D eigenvalue weighted by molar-refractivity contribution is 5.79. The van der Waals surface area contributed by atoms with Crippen LogP contribution in [0, 0.1) is 23.0 Å². The second kappa shape index (κ2) is 2.56. The van der Waals surface area contributed by atoms with Crippen LogP contribution in [0.15, 0.2) is 22.8 Å². The molecule has 0 spiro atoms. The second-order valence-corrected chi connectivity index (χ2v) is 2.49. The van der Waals surface area contributed by atoms with Crippen LogP contribution in [0.4, 0.5) is 8.78 Å². The molecule has 0 bridgehead atoms. The minimum Gasteiger partial charge on any atom is -0.464 e. The number of rotatable bonds is 0. The monoisotopic (exact) mass is 179 g/mol. The van der Waals surface area contributed by atoms with E-state index in [1.807, 2.05) is 0 Å². The highest BCUT2D eigenvalue weighted by Gasteiger charge is 2.14. The number of halogens is 2. The van der Waals surface area contributed by atoms with Crippen molar-refractivity contribution in [3.05, 3.63) is 35.6 Å². The van der Waals surface area contributed by atoms with Gasteiger partial charge in [0.25, 0.3) is 0 Å². The fourth-order valence-electron chi connectivity index (χ4n) is 1.14. The predicted octanol–water partition coefficient (Wildman–Crippen LogP) is 2.58. The van der Waals surface area contributed by atoms with Gasteiger partial charge in [-0.2, -0.15) is 5.26 Å². The number of hydrogen-bond acceptors (Lipinski definition) is 2. The molecule has 0 aliphatic heterocycles. The first-order valence-electron chi connectivity index (χ1n) is 3.49. The maximum Gasteiger partial charge on any atom is 0.155 e. The molecule has 0 aliphatic carbocycles. The summed E-state index contributed by atoms with van der Waals surface area (Å²) in [5, 5.41) is 8.56. The summed E-state index contributed by atoms with van der Waals surface area (Å²) in [5.41, 5.74) is -0.470. The zero-order chi connectivity index (χ0) is 9.42. The van der Waals surface area contributed by atoms with E-state index >= 15 is 0 Å². The average molecular weight is 179 g/mol. The van der Waals surface area contributed by atoms with Crippen molar-refractivity contribution < 1.29 is 13.2 Å². The summed E-state index contributed by atoms with van der Waals surface area (Å²) in [5.74, 6) is -1.77. The van der Waals surface area contributed by atoms with Crippen molar-refractivity contribution in [2.45, 2.75) is 0 Å². The summed E-state index contributed by atoms with van der Waals surface area (Å²) in [6.45, 7) is 0. The Hall–Kier alpha value is -1.89. The smallest absolute Gasteiger partial charge is 0.155 e. The van der Waals surface area contributed by atoms with E-state index < -0.39 is 17.2 Å². The molecule has 0 atom stereocenters. The van der Waals surface area contributed by atoms with Gasteiger partial charge in [0, 0.05) is 6.07 Å². The van der Waals surface area contributed by atoms with Gasteiger partial charge in [0.1, 0.15) is 23.0 Å². The van der Waals surface area contributed by atoms with Gasteiger partial charge in [-0.05, 0) is 6.07 Å². The topological polar surface area (TPSA) is 36.9 Å².